The van der Waals surface area contributed by atoms with Crippen molar-refractivity contribution < 1.29 is 13.9 Å². The van der Waals surface area contributed by atoms with Crippen molar-refractivity contribution in [3.63, 3.8) is 0 Å². The van der Waals surface area contributed by atoms with Crippen LogP contribution in [0.3, 0.4) is 0 Å². The summed E-state index contributed by atoms with van der Waals surface area (Å²) in [5.74, 6) is 1.98. The zero-order valence-electron chi connectivity index (χ0n) is 16.9. The molecule has 10 heteroatoms. The normalized spacial score (nSPS) is 15.2. The number of ether oxygens (including phenoxy) is 1. The summed E-state index contributed by atoms with van der Waals surface area (Å²) in [6.45, 7) is 3.07. The van der Waals surface area contributed by atoms with E-state index in [9.17, 15) is 9.18 Å². The van der Waals surface area contributed by atoms with Crippen LogP contribution in [0.25, 0.3) is 11.4 Å². The summed E-state index contributed by atoms with van der Waals surface area (Å²) < 4.78 is 18.6. The minimum absolute atomic E-state index is 0.0927. The summed E-state index contributed by atoms with van der Waals surface area (Å²) in [5, 5.41) is 3.86. The summed E-state index contributed by atoms with van der Waals surface area (Å²) in [5.41, 5.74) is 0.844. The van der Waals surface area contributed by atoms with E-state index in [0.717, 1.165) is 30.4 Å². The molecule has 0 spiro atoms. The van der Waals surface area contributed by atoms with Crippen molar-refractivity contribution in [3.05, 3.63) is 63.1 Å². The highest BCUT2D eigenvalue weighted by Gasteiger charge is 2.25. The number of nitrogens with zero attached hydrogens (tertiary/aromatic N) is 4. The Morgan fingerprint density at radius 1 is 1.28 bits per heavy atom. The van der Waals surface area contributed by atoms with Crippen LogP contribution in [-0.4, -0.2) is 58.6 Å². The lowest BCUT2D eigenvalue weighted by Gasteiger charge is -2.33. The highest BCUT2D eigenvalue weighted by Crippen LogP contribution is 2.27. The number of terminal acetylenes is 1. The van der Waals surface area contributed by atoms with Gasteiger partial charge in [0.2, 0.25) is 0 Å². The second kappa shape index (κ2) is 10.1. The van der Waals surface area contributed by atoms with E-state index in [4.69, 9.17) is 22.8 Å². The van der Waals surface area contributed by atoms with E-state index in [1.165, 1.54) is 11.3 Å². The molecule has 1 aliphatic rings. The van der Waals surface area contributed by atoms with Gasteiger partial charge in [0.15, 0.2) is 16.6 Å². The van der Waals surface area contributed by atoms with Gasteiger partial charge in [-0.3, -0.25) is 9.69 Å². The Labute approximate surface area is 193 Å². The molecule has 3 aromatic rings. The van der Waals surface area contributed by atoms with Gasteiger partial charge < -0.3 is 10.1 Å². The molecule has 0 aliphatic carbocycles. The minimum Gasteiger partial charge on any atom is -0.379 e. The number of amides is 1. The number of morpholine rings is 1. The topological polar surface area (TPSA) is 80.2 Å². The molecule has 1 aliphatic heterocycles. The third kappa shape index (κ3) is 5.11. The van der Waals surface area contributed by atoms with E-state index in [1.54, 1.807) is 24.4 Å². The van der Waals surface area contributed by atoms with Crippen molar-refractivity contribution in [2.24, 2.45) is 0 Å². The molecular weight excluding hydrogens is 453 g/mol. The van der Waals surface area contributed by atoms with Gasteiger partial charge in [0.05, 0.1) is 42.2 Å². The van der Waals surface area contributed by atoms with E-state index in [-0.39, 0.29) is 17.5 Å². The number of hydrogen-bond acceptors (Lipinski definition) is 7. The zero-order valence-corrected chi connectivity index (χ0v) is 18.5. The molecule has 1 unspecified atom stereocenters. The molecule has 7 nitrogen and oxygen atoms in total. The van der Waals surface area contributed by atoms with Crippen LogP contribution in [0, 0.1) is 18.2 Å². The van der Waals surface area contributed by atoms with Gasteiger partial charge in [0.25, 0.3) is 5.91 Å². The predicted molar refractivity (Wildman–Crippen MR) is 120 cm³/mol. The van der Waals surface area contributed by atoms with Crippen molar-refractivity contribution in [1.29, 1.82) is 0 Å². The molecule has 0 saturated carbocycles. The van der Waals surface area contributed by atoms with E-state index in [0.29, 0.717) is 41.2 Å². The van der Waals surface area contributed by atoms with Crippen molar-refractivity contribution in [2.45, 2.75) is 6.04 Å². The SMILES string of the molecule is C#Cc1ncc(C(CNC(=O)c2cc(-c3ncc(F)cn3)ccc2Cl)N2CCOCC2)s1. The number of hydrogen-bond donors (Lipinski definition) is 1. The molecule has 32 heavy (non-hydrogen) atoms. The predicted octanol–water partition coefficient (Wildman–Crippen LogP) is 3.18. The number of rotatable bonds is 6. The second-order valence-corrected chi connectivity index (χ2v) is 8.48. The summed E-state index contributed by atoms with van der Waals surface area (Å²) in [4.78, 5) is 28.4. The Morgan fingerprint density at radius 3 is 2.72 bits per heavy atom. The van der Waals surface area contributed by atoms with Gasteiger partial charge in [0, 0.05) is 36.3 Å². The maximum Gasteiger partial charge on any atom is 0.252 e. The van der Waals surface area contributed by atoms with Gasteiger partial charge in [-0.05, 0) is 24.1 Å². The minimum atomic E-state index is -0.536. The Morgan fingerprint density at radius 2 is 2.03 bits per heavy atom. The van der Waals surface area contributed by atoms with Crippen molar-refractivity contribution in [3.8, 4) is 23.7 Å². The molecule has 3 heterocycles. The number of benzene rings is 1. The van der Waals surface area contributed by atoms with Gasteiger partial charge in [0.1, 0.15) is 0 Å². The first-order chi connectivity index (χ1) is 15.5. The van der Waals surface area contributed by atoms with Gasteiger partial charge >= 0.3 is 0 Å². The smallest absolute Gasteiger partial charge is 0.252 e. The summed E-state index contributed by atoms with van der Waals surface area (Å²) in [7, 11) is 0. The molecule has 1 N–H and O–H groups in total. The highest BCUT2D eigenvalue weighted by atomic mass is 35.5. The first-order valence-electron chi connectivity index (χ1n) is 9.85. The molecule has 1 amide bonds. The monoisotopic (exact) mass is 471 g/mol. The van der Waals surface area contributed by atoms with Gasteiger partial charge in [-0.15, -0.1) is 17.8 Å². The fraction of sp³-hybridized carbons (Fsp3) is 0.273. The summed E-state index contributed by atoms with van der Waals surface area (Å²) in [6, 6.07) is 4.78. The van der Waals surface area contributed by atoms with Crippen LogP contribution in [0.2, 0.25) is 5.02 Å². The number of carbonyl (C=O) groups is 1. The van der Waals surface area contributed by atoms with Crippen LogP contribution < -0.4 is 5.32 Å². The number of aromatic nitrogens is 3. The maximum absolute atomic E-state index is 13.1. The maximum atomic E-state index is 13.1. The fourth-order valence-corrected chi connectivity index (χ4v) is 4.46. The molecule has 4 rings (SSSR count). The summed E-state index contributed by atoms with van der Waals surface area (Å²) in [6.07, 6.45) is 9.38. The van der Waals surface area contributed by atoms with E-state index in [1.807, 2.05) is 0 Å². The molecule has 1 atom stereocenters. The van der Waals surface area contributed by atoms with Gasteiger partial charge in [-0.1, -0.05) is 11.6 Å². The quantitative estimate of drug-likeness (QED) is 0.556. The first-order valence-corrected chi connectivity index (χ1v) is 11.0. The van der Waals surface area contributed by atoms with Crippen LogP contribution in [0.4, 0.5) is 4.39 Å². The number of thiazole rings is 1. The van der Waals surface area contributed by atoms with E-state index < -0.39 is 5.82 Å². The zero-order chi connectivity index (χ0) is 22.5. The van der Waals surface area contributed by atoms with Crippen molar-refractivity contribution >= 4 is 28.8 Å². The van der Waals surface area contributed by atoms with E-state index in [2.05, 4.69) is 31.1 Å². The molecule has 1 fully saturated rings. The fourth-order valence-electron chi connectivity index (χ4n) is 3.39. The van der Waals surface area contributed by atoms with Crippen molar-refractivity contribution in [2.75, 3.05) is 32.8 Å². The molecule has 1 aromatic carbocycles. The van der Waals surface area contributed by atoms with Crippen LogP contribution in [-0.2, 0) is 4.74 Å². The van der Waals surface area contributed by atoms with Crippen LogP contribution in [0.1, 0.15) is 26.3 Å². The average molecular weight is 472 g/mol. The lowest BCUT2D eigenvalue weighted by atomic mass is 10.1. The Bertz CT molecular complexity index is 1140. The third-order valence-corrected chi connectivity index (χ3v) is 6.37. The van der Waals surface area contributed by atoms with Crippen LogP contribution in [0.15, 0.2) is 36.8 Å². The first kappa shape index (κ1) is 22.3. The number of carbonyl (C=O) groups excluding carboxylic acids is 1. The molecule has 0 bridgehead atoms. The van der Waals surface area contributed by atoms with E-state index >= 15 is 0 Å². The standard InChI is InChI=1S/C22H19ClFN5O2S/c1-2-20-25-13-19(32-20)18(29-5-7-31-8-6-29)12-28-22(30)16-9-14(3-4-17(16)23)21-26-10-15(24)11-27-21/h1,3-4,9-11,13,18H,5-8,12H2,(H,28,30). The Balaban J connectivity index is 1.53. The lowest BCUT2D eigenvalue weighted by Crippen LogP contribution is -2.43. The molecule has 0 radical (unpaired) electrons. The summed E-state index contributed by atoms with van der Waals surface area (Å²) >= 11 is 7.72. The Kier molecular flexibility index (Phi) is 7.07. The highest BCUT2D eigenvalue weighted by molar-refractivity contribution is 7.12. The molecule has 1 saturated heterocycles. The second-order valence-electron chi connectivity index (χ2n) is 7.01. The number of halogens is 2. The lowest BCUT2D eigenvalue weighted by molar-refractivity contribution is 0.0169. The molecular formula is C22H19ClFN5O2S. The largest absolute Gasteiger partial charge is 0.379 e. The van der Waals surface area contributed by atoms with Gasteiger partial charge in [-0.25, -0.2) is 19.3 Å². The Hall–Kier alpha value is -2.90. The number of nitrogens with one attached hydrogen (secondary N) is 1. The average Bonchev–Trinajstić information content (AvgIpc) is 3.30. The third-order valence-electron chi connectivity index (χ3n) is 5.01. The van der Waals surface area contributed by atoms with Crippen LogP contribution >= 0.6 is 22.9 Å². The molecule has 2 aromatic heterocycles. The molecule has 164 valence electrons. The van der Waals surface area contributed by atoms with Crippen LogP contribution in [0.5, 0.6) is 0 Å². The van der Waals surface area contributed by atoms with Crippen molar-refractivity contribution in [1.82, 2.24) is 25.2 Å². The van der Waals surface area contributed by atoms with Gasteiger partial charge in [-0.2, -0.15) is 0 Å².